The van der Waals surface area contributed by atoms with Gasteiger partial charge in [0.2, 0.25) is 23.6 Å². The summed E-state index contributed by atoms with van der Waals surface area (Å²) in [4.78, 5) is 66.7. The molecule has 1 saturated carbocycles. The van der Waals surface area contributed by atoms with Gasteiger partial charge in [-0.05, 0) is 24.5 Å². The maximum Gasteiger partial charge on any atom is 0.271 e. The second kappa shape index (κ2) is 8.61. The van der Waals surface area contributed by atoms with Gasteiger partial charge in [0, 0.05) is 18.1 Å². The summed E-state index contributed by atoms with van der Waals surface area (Å²) in [6.45, 7) is 0. The van der Waals surface area contributed by atoms with E-state index in [1.807, 2.05) is 0 Å². The lowest BCUT2D eigenvalue weighted by Gasteiger charge is -2.34. The zero-order valence-corrected chi connectivity index (χ0v) is 18.8. The fraction of sp³-hybridized carbons (Fsp3) is 0.360. The molecule has 3 aliphatic rings. The number of benzene rings is 2. The molecule has 4 amide bonds. The van der Waals surface area contributed by atoms with Crippen LogP contribution in [0.5, 0.6) is 0 Å². The van der Waals surface area contributed by atoms with Gasteiger partial charge in [0.25, 0.3) is 5.69 Å². The maximum atomic E-state index is 13.8. The molecule has 2 N–H and O–H groups in total. The molecule has 2 saturated heterocycles. The Kier molecular flexibility index (Phi) is 5.58. The first kappa shape index (κ1) is 22.7. The van der Waals surface area contributed by atoms with Crippen LogP contribution in [-0.2, 0) is 19.2 Å². The number of fused-ring (bicyclic) bond motifs is 1. The molecule has 0 spiro atoms. The molecule has 2 heterocycles. The van der Waals surface area contributed by atoms with Gasteiger partial charge in [0.15, 0.2) is 0 Å². The van der Waals surface area contributed by atoms with E-state index >= 15 is 0 Å². The number of hydrogen-bond donors (Lipinski definition) is 1. The van der Waals surface area contributed by atoms with Crippen LogP contribution < -0.4 is 10.6 Å². The third kappa shape index (κ3) is 3.56. The van der Waals surface area contributed by atoms with Crippen molar-refractivity contribution in [3.8, 4) is 0 Å². The topological polar surface area (TPSA) is 144 Å². The fourth-order valence-electron chi connectivity index (χ4n) is 5.89. The van der Waals surface area contributed by atoms with Crippen molar-refractivity contribution >= 4 is 35.0 Å². The Morgan fingerprint density at radius 1 is 0.943 bits per heavy atom. The lowest BCUT2D eigenvalue weighted by atomic mass is 9.86. The standard InChI is InChI=1S/C25H24N4O6/c26-22(30)21-19-18(24(32)27(25(19)33)16-11-6-12-17(13-16)29(34)35)20(14-7-2-1-3-8-14)28(21)23(31)15-9-4-5-10-15/h1-3,6-8,11-13,15,18-21H,4-5,9-10H2,(H2,26,30). The Morgan fingerprint density at radius 3 is 2.23 bits per heavy atom. The number of nitrogens with two attached hydrogens (primary N) is 1. The van der Waals surface area contributed by atoms with Crippen LogP contribution in [0, 0.1) is 27.9 Å². The number of hydrogen-bond acceptors (Lipinski definition) is 6. The number of carbonyl (C=O) groups excluding carboxylic acids is 4. The van der Waals surface area contributed by atoms with Crippen molar-refractivity contribution < 1.29 is 24.1 Å². The first-order chi connectivity index (χ1) is 16.8. The minimum absolute atomic E-state index is 0.0484. The van der Waals surface area contributed by atoms with Crippen molar-refractivity contribution in [3.05, 3.63) is 70.3 Å². The van der Waals surface area contributed by atoms with Gasteiger partial charge in [0.1, 0.15) is 6.04 Å². The molecule has 2 aromatic carbocycles. The minimum Gasteiger partial charge on any atom is -0.368 e. The van der Waals surface area contributed by atoms with E-state index in [0.29, 0.717) is 18.4 Å². The summed E-state index contributed by atoms with van der Waals surface area (Å²) in [6.07, 6.45) is 3.15. The number of nitro groups is 1. The first-order valence-electron chi connectivity index (χ1n) is 11.6. The average Bonchev–Trinajstić information content (AvgIpc) is 3.56. The third-order valence-electron chi connectivity index (χ3n) is 7.37. The molecule has 10 nitrogen and oxygen atoms in total. The molecule has 0 bridgehead atoms. The van der Waals surface area contributed by atoms with Gasteiger partial charge in [-0.2, -0.15) is 0 Å². The molecule has 35 heavy (non-hydrogen) atoms. The van der Waals surface area contributed by atoms with Crippen LogP contribution in [0.25, 0.3) is 0 Å². The molecule has 2 aliphatic heterocycles. The number of anilines is 1. The molecule has 4 unspecified atom stereocenters. The van der Waals surface area contributed by atoms with E-state index in [-0.39, 0.29) is 23.2 Å². The van der Waals surface area contributed by atoms with E-state index in [9.17, 15) is 29.3 Å². The largest absolute Gasteiger partial charge is 0.368 e. The predicted molar refractivity (Wildman–Crippen MR) is 124 cm³/mol. The first-order valence-corrected chi connectivity index (χ1v) is 11.6. The number of likely N-dealkylation sites (tertiary alicyclic amines) is 1. The van der Waals surface area contributed by atoms with Gasteiger partial charge in [-0.1, -0.05) is 49.2 Å². The Hall–Kier alpha value is -4.08. The summed E-state index contributed by atoms with van der Waals surface area (Å²) in [5.74, 6) is -4.92. The second-order valence-corrected chi connectivity index (χ2v) is 9.27. The molecule has 1 aliphatic carbocycles. The predicted octanol–water partition coefficient (Wildman–Crippen LogP) is 2.33. The Balaban J connectivity index is 1.63. The molecule has 180 valence electrons. The second-order valence-electron chi connectivity index (χ2n) is 9.27. The number of non-ortho nitro benzene ring substituents is 1. The maximum absolute atomic E-state index is 13.8. The monoisotopic (exact) mass is 476 g/mol. The van der Waals surface area contributed by atoms with Gasteiger partial charge in [-0.25, -0.2) is 4.90 Å². The quantitative estimate of drug-likeness (QED) is 0.398. The van der Waals surface area contributed by atoms with Crippen LogP contribution in [0.4, 0.5) is 11.4 Å². The Labute approximate surface area is 200 Å². The Bertz CT molecular complexity index is 1230. The highest BCUT2D eigenvalue weighted by Crippen LogP contribution is 2.52. The van der Waals surface area contributed by atoms with Crippen LogP contribution in [0.2, 0.25) is 0 Å². The molecule has 0 radical (unpaired) electrons. The van der Waals surface area contributed by atoms with Crippen molar-refractivity contribution in [2.24, 2.45) is 23.5 Å². The summed E-state index contributed by atoms with van der Waals surface area (Å²) in [6, 6.07) is 11.9. The number of amides is 4. The molecule has 5 rings (SSSR count). The Morgan fingerprint density at radius 2 is 1.60 bits per heavy atom. The summed E-state index contributed by atoms with van der Waals surface area (Å²) < 4.78 is 0. The molecule has 10 heteroatoms. The van der Waals surface area contributed by atoms with Gasteiger partial charge >= 0.3 is 0 Å². The third-order valence-corrected chi connectivity index (χ3v) is 7.37. The normalized spacial score (nSPS) is 26.3. The van der Waals surface area contributed by atoms with E-state index in [4.69, 9.17) is 5.73 Å². The molecule has 0 aromatic heterocycles. The fourth-order valence-corrected chi connectivity index (χ4v) is 5.89. The molecule has 2 aromatic rings. The SMILES string of the molecule is NC(=O)C1C2C(=O)N(c3cccc([N+](=O)[O-])c3)C(=O)C2C(c2ccccc2)N1C(=O)C1CCCC1. The number of carbonyl (C=O) groups is 4. The van der Waals surface area contributed by atoms with E-state index in [1.54, 1.807) is 30.3 Å². The van der Waals surface area contributed by atoms with Crippen LogP contribution in [0.15, 0.2) is 54.6 Å². The summed E-state index contributed by atoms with van der Waals surface area (Å²) in [5.41, 5.74) is 6.17. The molecule has 3 fully saturated rings. The van der Waals surface area contributed by atoms with Crippen molar-refractivity contribution in [1.82, 2.24) is 4.90 Å². The van der Waals surface area contributed by atoms with Crippen LogP contribution in [0.3, 0.4) is 0 Å². The van der Waals surface area contributed by atoms with Crippen molar-refractivity contribution in [1.29, 1.82) is 0 Å². The zero-order valence-electron chi connectivity index (χ0n) is 18.8. The van der Waals surface area contributed by atoms with E-state index in [2.05, 4.69) is 0 Å². The highest BCUT2D eigenvalue weighted by molar-refractivity contribution is 6.24. The van der Waals surface area contributed by atoms with Crippen LogP contribution in [-0.4, -0.2) is 39.5 Å². The van der Waals surface area contributed by atoms with Gasteiger partial charge in [0.05, 0.1) is 28.5 Å². The van der Waals surface area contributed by atoms with E-state index < -0.39 is 46.6 Å². The van der Waals surface area contributed by atoms with Crippen molar-refractivity contribution in [2.75, 3.05) is 4.90 Å². The lowest BCUT2D eigenvalue weighted by Crippen LogP contribution is -2.51. The van der Waals surface area contributed by atoms with Crippen molar-refractivity contribution in [2.45, 2.75) is 37.8 Å². The van der Waals surface area contributed by atoms with Crippen LogP contribution >= 0.6 is 0 Å². The molecular weight excluding hydrogens is 452 g/mol. The minimum atomic E-state index is -1.29. The number of primary amides is 1. The van der Waals surface area contributed by atoms with Gasteiger partial charge < -0.3 is 10.6 Å². The highest BCUT2D eigenvalue weighted by Gasteiger charge is 2.65. The van der Waals surface area contributed by atoms with Gasteiger partial charge in [-0.3, -0.25) is 29.3 Å². The summed E-state index contributed by atoms with van der Waals surface area (Å²) in [7, 11) is 0. The van der Waals surface area contributed by atoms with Crippen molar-refractivity contribution in [3.63, 3.8) is 0 Å². The molecular formula is C25H24N4O6. The zero-order chi connectivity index (χ0) is 24.9. The molecule has 4 atom stereocenters. The smallest absolute Gasteiger partial charge is 0.271 e. The highest BCUT2D eigenvalue weighted by atomic mass is 16.6. The lowest BCUT2D eigenvalue weighted by molar-refractivity contribution is -0.384. The van der Waals surface area contributed by atoms with Gasteiger partial charge in [-0.15, -0.1) is 0 Å². The number of nitro benzene ring substituents is 1. The van der Waals surface area contributed by atoms with E-state index in [1.165, 1.54) is 23.1 Å². The average molecular weight is 476 g/mol. The van der Waals surface area contributed by atoms with Crippen LogP contribution in [0.1, 0.15) is 37.3 Å². The number of rotatable bonds is 5. The summed E-state index contributed by atoms with van der Waals surface area (Å²) in [5, 5.41) is 11.3. The summed E-state index contributed by atoms with van der Waals surface area (Å²) >= 11 is 0. The van der Waals surface area contributed by atoms with E-state index in [0.717, 1.165) is 23.8 Å². The number of nitrogens with zero attached hydrogens (tertiary/aromatic N) is 3. The number of imide groups is 1.